The lowest BCUT2D eigenvalue weighted by atomic mass is 10.1. The molecule has 0 spiro atoms. The van der Waals surface area contributed by atoms with Crippen molar-refractivity contribution in [2.24, 2.45) is 0 Å². The Hall–Kier alpha value is -1.08. The first kappa shape index (κ1) is 12.4. The van der Waals surface area contributed by atoms with Gasteiger partial charge in [-0.1, -0.05) is 42.0 Å². The second-order valence-corrected chi connectivity index (χ2v) is 5.05. The summed E-state index contributed by atoms with van der Waals surface area (Å²) in [6.07, 6.45) is 8.78. The van der Waals surface area contributed by atoms with Gasteiger partial charge in [-0.3, -0.25) is 0 Å². The minimum absolute atomic E-state index is 0.569. The second kappa shape index (κ2) is 6.61. The van der Waals surface area contributed by atoms with Crippen molar-refractivity contribution in [1.29, 1.82) is 0 Å². The maximum absolute atomic E-state index is 3.62. The van der Waals surface area contributed by atoms with Crippen molar-refractivity contribution >= 4 is 0 Å². The molecular formula is C16H23N. The van der Waals surface area contributed by atoms with Crippen LogP contribution >= 0.6 is 0 Å². The summed E-state index contributed by atoms with van der Waals surface area (Å²) in [5.74, 6) is 0. The highest BCUT2D eigenvalue weighted by Gasteiger charge is 2.06. The van der Waals surface area contributed by atoms with E-state index in [4.69, 9.17) is 0 Å². The van der Waals surface area contributed by atoms with E-state index in [0.717, 1.165) is 13.0 Å². The molecule has 92 valence electrons. The van der Waals surface area contributed by atoms with Gasteiger partial charge in [0.1, 0.15) is 0 Å². The first-order valence-corrected chi connectivity index (χ1v) is 6.80. The molecule has 0 heterocycles. The molecule has 0 aliphatic heterocycles. The first-order valence-electron chi connectivity index (χ1n) is 6.80. The van der Waals surface area contributed by atoms with Gasteiger partial charge in [0.15, 0.2) is 0 Å². The molecule has 1 aromatic carbocycles. The topological polar surface area (TPSA) is 12.0 Å². The van der Waals surface area contributed by atoms with Crippen LogP contribution in [-0.2, 0) is 6.42 Å². The third-order valence-electron chi connectivity index (χ3n) is 3.46. The Labute approximate surface area is 105 Å². The zero-order valence-corrected chi connectivity index (χ0v) is 10.8. The number of allylic oxidation sites excluding steroid dienone is 1. The van der Waals surface area contributed by atoms with E-state index in [-0.39, 0.29) is 0 Å². The third-order valence-corrected chi connectivity index (χ3v) is 3.46. The molecule has 1 aromatic rings. The Balaban J connectivity index is 1.65. The van der Waals surface area contributed by atoms with Crippen LogP contribution in [-0.4, -0.2) is 12.6 Å². The first-order chi connectivity index (χ1) is 8.34. The highest BCUT2D eigenvalue weighted by molar-refractivity contribution is 5.15. The summed E-state index contributed by atoms with van der Waals surface area (Å²) < 4.78 is 0. The lowest BCUT2D eigenvalue weighted by molar-refractivity contribution is 0.545. The zero-order valence-electron chi connectivity index (χ0n) is 10.8. The van der Waals surface area contributed by atoms with Gasteiger partial charge in [0.2, 0.25) is 0 Å². The van der Waals surface area contributed by atoms with Crippen LogP contribution in [0.2, 0.25) is 0 Å². The molecule has 1 N–H and O–H groups in total. The molecule has 1 unspecified atom stereocenters. The van der Waals surface area contributed by atoms with Crippen LogP contribution in [0.4, 0.5) is 0 Å². The van der Waals surface area contributed by atoms with E-state index in [1.807, 2.05) is 0 Å². The zero-order chi connectivity index (χ0) is 11.9. The van der Waals surface area contributed by atoms with Crippen LogP contribution in [0.5, 0.6) is 0 Å². The fourth-order valence-electron chi connectivity index (χ4n) is 2.48. The Kier molecular flexibility index (Phi) is 4.81. The Morgan fingerprint density at radius 2 is 2.06 bits per heavy atom. The molecule has 0 amide bonds. The summed E-state index contributed by atoms with van der Waals surface area (Å²) in [5, 5.41) is 3.62. The molecule has 0 radical (unpaired) electrons. The smallest absolute Gasteiger partial charge is 0.00792 e. The summed E-state index contributed by atoms with van der Waals surface area (Å²) in [6.45, 7) is 3.40. The van der Waals surface area contributed by atoms with Crippen molar-refractivity contribution < 1.29 is 0 Å². The normalized spacial score (nSPS) is 16.9. The lowest BCUT2D eigenvalue weighted by Crippen LogP contribution is -2.29. The molecule has 0 bridgehead atoms. The van der Waals surface area contributed by atoms with Crippen LogP contribution in [0, 0.1) is 0 Å². The van der Waals surface area contributed by atoms with Crippen molar-refractivity contribution in [2.45, 2.75) is 45.1 Å². The Morgan fingerprint density at radius 1 is 1.24 bits per heavy atom. The van der Waals surface area contributed by atoms with Crippen molar-refractivity contribution in [3.63, 3.8) is 0 Å². The number of hydrogen-bond donors (Lipinski definition) is 1. The monoisotopic (exact) mass is 229 g/mol. The van der Waals surface area contributed by atoms with Crippen molar-refractivity contribution in [3.05, 3.63) is 47.5 Å². The summed E-state index contributed by atoms with van der Waals surface area (Å²) in [4.78, 5) is 0. The highest BCUT2D eigenvalue weighted by Crippen LogP contribution is 2.19. The van der Waals surface area contributed by atoms with Gasteiger partial charge in [-0.25, -0.2) is 0 Å². The molecule has 0 fully saturated rings. The molecule has 2 rings (SSSR count). The van der Waals surface area contributed by atoms with Crippen molar-refractivity contribution in [3.8, 4) is 0 Å². The van der Waals surface area contributed by atoms with Crippen LogP contribution in [0.1, 0.15) is 38.2 Å². The van der Waals surface area contributed by atoms with E-state index < -0.39 is 0 Å². The van der Waals surface area contributed by atoms with E-state index >= 15 is 0 Å². The Morgan fingerprint density at radius 3 is 2.76 bits per heavy atom. The maximum Gasteiger partial charge on any atom is 0.00792 e. The van der Waals surface area contributed by atoms with Gasteiger partial charge >= 0.3 is 0 Å². The van der Waals surface area contributed by atoms with Gasteiger partial charge in [-0.2, -0.15) is 0 Å². The minimum atomic E-state index is 0.569. The third kappa shape index (κ3) is 4.35. The molecule has 1 aliphatic rings. The van der Waals surface area contributed by atoms with Crippen LogP contribution in [0.25, 0.3) is 0 Å². The van der Waals surface area contributed by atoms with E-state index in [0.29, 0.717) is 6.04 Å². The summed E-state index contributed by atoms with van der Waals surface area (Å²) in [6, 6.07) is 11.3. The number of benzene rings is 1. The Bertz CT molecular complexity index is 353. The maximum atomic E-state index is 3.62. The summed E-state index contributed by atoms with van der Waals surface area (Å²) in [5.41, 5.74) is 3.08. The van der Waals surface area contributed by atoms with E-state index in [2.05, 4.69) is 48.6 Å². The standard InChI is InChI=1S/C16H23N/c1-14(13-16-9-3-2-4-10-16)17-12-11-15-7-5-6-8-15/h2-4,7,9-10,14,17H,5-6,8,11-13H2,1H3. The SMILES string of the molecule is CC(Cc1ccccc1)NCCC1=CCCC1. The average molecular weight is 229 g/mol. The van der Waals surface area contributed by atoms with E-state index in [9.17, 15) is 0 Å². The molecule has 1 atom stereocenters. The average Bonchev–Trinajstić information content (AvgIpc) is 2.83. The largest absolute Gasteiger partial charge is 0.314 e. The molecular weight excluding hydrogens is 206 g/mol. The predicted molar refractivity (Wildman–Crippen MR) is 74.2 cm³/mol. The van der Waals surface area contributed by atoms with Gasteiger partial charge in [-0.05, 0) is 51.1 Å². The fraction of sp³-hybridized carbons (Fsp3) is 0.500. The summed E-state index contributed by atoms with van der Waals surface area (Å²) >= 11 is 0. The molecule has 1 heteroatoms. The van der Waals surface area contributed by atoms with Crippen molar-refractivity contribution in [1.82, 2.24) is 5.32 Å². The van der Waals surface area contributed by atoms with Gasteiger partial charge in [-0.15, -0.1) is 0 Å². The number of hydrogen-bond acceptors (Lipinski definition) is 1. The second-order valence-electron chi connectivity index (χ2n) is 5.05. The number of rotatable bonds is 6. The van der Waals surface area contributed by atoms with Gasteiger partial charge in [0.25, 0.3) is 0 Å². The number of nitrogens with one attached hydrogen (secondary N) is 1. The van der Waals surface area contributed by atoms with Crippen LogP contribution in [0.15, 0.2) is 42.0 Å². The lowest BCUT2D eigenvalue weighted by Gasteiger charge is -2.14. The van der Waals surface area contributed by atoms with E-state index in [1.54, 1.807) is 5.57 Å². The molecule has 0 aromatic heterocycles. The van der Waals surface area contributed by atoms with Crippen LogP contribution in [0.3, 0.4) is 0 Å². The predicted octanol–water partition coefficient (Wildman–Crippen LogP) is 3.71. The van der Waals surface area contributed by atoms with Gasteiger partial charge in [0, 0.05) is 6.04 Å². The fourth-order valence-corrected chi connectivity index (χ4v) is 2.48. The molecule has 0 saturated heterocycles. The minimum Gasteiger partial charge on any atom is -0.314 e. The molecule has 1 aliphatic carbocycles. The van der Waals surface area contributed by atoms with Crippen molar-refractivity contribution in [2.75, 3.05) is 6.54 Å². The van der Waals surface area contributed by atoms with Gasteiger partial charge in [0.05, 0.1) is 0 Å². The van der Waals surface area contributed by atoms with Gasteiger partial charge < -0.3 is 5.32 Å². The van der Waals surface area contributed by atoms with Crippen LogP contribution < -0.4 is 5.32 Å². The molecule has 0 saturated carbocycles. The summed E-state index contributed by atoms with van der Waals surface area (Å²) in [7, 11) is 0. The molecule has 17 heavy (non-hydrogen) atoms. The molecule has 1 nitrogen and oxygen atoms in total. The highest BCUT2D eigenvalue weighted by atomic mass is 14.9. The quantitative estimate of drug-likeness (QED) is 0.733. The van der Waals surface area contributed by atoms with E-state index in [1.165, 1.54) is 31.2 Å².